The van der Waals surface area contributed by atoms with Crippen LogP contribution in [0.15, 0.2) is 36.4 Å². The van der Waals surface area contributed by atoms with E-state index in [-0.39, 0.29) is 34.8 Å². The predicted octanol–water partition coefficient (Wildman–Crippen LogP) is 1.15. The summed E-state index contributed by atoms with van der Waals surface area (Å²) in [6, 6.07) is 9.89. The molecule has 7 atom stereocenters. The zero-order valence-electron chi connectivity index (χ0n) is 18.7. The Bertz CT molecular complexity index is 1070. The van der Waals surface area contributed by atoms with Crippen LogP contribution in [0.2, 0.25) is 0 Å². The molecule has 10 heteroatoms. The van der Waals surface area contributed by atoms with E-state index in [0.717, 1.165) is 11.1 Å². The number of hydrogen-bond donors (Lipinski definition) is 6. The number of aliphatic carboxylic acids is 1. The van der Waals surface area contributed by atoms with E-state index in [1.54, 1.807) is 24.3 Å². The molecule has 184 valence electrons. The Hall–Kier alpha value is -3.05. The summed E-state index contributed by atoms with van der Waals surface area (Å²) < 4.78 is 16.5. The molecule has 1 spiro atoms. The number of phenols is 2. The highest BCUT2D eigenvalue weighted by molar-refractivity contribution is 5.73. The van der Waals surface area contributed by atoms with Crippen molar-refractivity contribution in [3.8, 4) is 23.0 Å². The summed E-state index contributed by atoms with van der Waals surface area (Å²) in [5.41, 5.74) is 1.80. The van der Waals surface area contributed by atoms with E-state index in [0.29, 0.717) is 12.8 Å². The first-order valence-corrected chi connectivity index (χ1v) is 11.0. The van der Waals surface area contributed by atoms with Crippen molar-refractivity contribution in [3.63, 3.8) is 0 Å². The molecule has 0 aromatic heterocycles. The highest BCUT2D eigenvalue weighted by Crippen LogP contribution is 2.45. The number of hydrogen-bond acceptors (Lipinski definition) is 9. The number of carbonyl (C=O) groups is 1. The number of benzene rings is 2. The van der Waals surface area contributed by atoms with Crippen LogP contribution in [0.3, 0.4) is 0 Å². The third-order valence-corrected chi connectivity index (χ3v) is 6.52. The van der Waals surface area contributed by atoms with Crippen LogP contribution in [0.1, 0.15) is 25.0 Å². The van der Waals surface area contributed by atoms with Crippen molar-refractivity contribution >= 4 is 5.97 Å². The van der Waals surface area contributed by atoms with Gasteiger partial charge in [0.25, 0.3) is 0 Å². The number of aliphatic hydroxyl groups excluding tert-OH is 3. The van der Waals surface area contributed by atoms with Gasteiger partial charge in [-0.25, -0.2) is 4.79 Å². The first kappa shape index (κ1) is 24.1. The average molecular weight is 476 g/mol. The first-order chi connectivity index (χ1) is 16.0. The molecule has 0 aliphatic carbocycles. The summed E-state index contributed by atoms with van der Waals surface area (Å²) >= 11 is 0. The van der Waals surface area contributed by atoms with E-state index in [4.69, 9.17) is 14.2 Å². The molecule has 2 heterocycles. The van der Waals surface area contributed by atoms with Crippen LogP contribution >= 0.6 is 0 Å². The van der Waals surface area contributed by atoms with Crippen LogP contribution in [-0.2, 0) is 22.4 Å². The quantitative estimate of drug-likeness (QED) is 0.333. The molecule has 2 aromatic carbocycles. The van der Waals surface area contributed by atoms with E-state index in [2.05, 4.69) is 13.8 Å². The molecule has 1 fully saturated rings. The highest BCUT2D eigenvalue weighted by atomic mass is 16.9. The molecular weight excluding hydrogens is 448 g/mol. The first-order valence-electron chi connectivity index (χ1n) is 11.0. The van der Waals surface area contributed by atoms with Crippen molar-refractivity contribution in [2.45, 2.75) is 57.1 Å². The van der Waals surface area contributed by atoms with Gasteiger partial charge >= 0.3 is 11.9 Å². The largest absolute Gasteiger partial charge is 0.504 e. The van der Waals surface area contributed by atoms with E-state index in [9.17, 15) is 35.4 Å². The third kappa shape index (κ3) is 4.37. The molecule has 0 amide bonds. The fourth-order valence-electron chi connectivity index (χ4n) is 4.27. The van der Waals surface area contributed by atoms with Gasteiger partial charge in [-0.1, -0.05) is 26.0 Å². The van der Waals surface area contributed by atoms with Crippen LogP contribution in [-0.4, -0.2) is 67.0 Å². The minimum Gasteiger partial charge on any atom is -0.504 e. The topological polar surface area (TPSA) is 166 Å². The lowest BCUT2D eigenvalue weighted by Gasteiger charge is -2.42. The van der Waals surface area contributed by atoms with Crippen molar-refractivity contribution in [1.82, 2.24) is 0 Å². The zero-order valence-corrected chi connectivity index (χ0v) is 18.7. The molecule has 2 aliphatic heterocycles. The van der Waals surface area contributed by atoms with Crippen LogP contribution in [0.4, 0.5) is 0 Å². The van der Waals surface area contributed by atoms with Crippen molar-refractivity contribution < 1.29 is 49.6 Å². The van der Waals surface area contributed by atoms with Gasteiger partial charge in [-0.3, -0.25) is 4.74 Å². The van der Waals surface area contributed by atoms with Gasteiger partial charge in [-0.2, -0.15) is 0 Å². The third-order valence-electron chi connectivity index (χ3n) is 6.52. The Balaban J connectivity index is 1.46. The monoisotopic (exact) mass is 476 g/mol. The van der Waals surface area contributed by atoms with Gasteiger partial charge in [0.1, 0.15) is 12.2 Å². The van der Waals surface area contributed by atoms with Gasteiger partial charge in [0.2, 0.25) is 0 Å². The van der Waals surface area contributed by atoms with Gasteiger partial charge in [-0.05, 0) is 60.1 Å². The van der Waals surface area contributed by atoms with E-state index in [1.807, 2.05) is 6.07 Å². The summed E-state index contributed by atoms with van der Waals surface area (Å²) in [6.45, 7) is 4.17. The van der Waals surface area contributed by atoms with Crippen molar-refractivity contribution in [2.75, 3.05) is 0 Å². The Morgan fingerprint density at radius 3 is 2.09 bits per heavy atom. The maximum absolute atomic E-state index is 11.4. The lowest BCUT2D eigenvalue weighted by Crippen LogP contribution is -2.69. The summed E-state index contributed by atoms with van der Waals surface area (Å²) in [5.74, 6) is -3.27. The number of fused-ring (bicyclic) bond motifs is 1. The molecule has 4 rings (SSSR count). The molecule has 0 saturated carbocycles. The Labute approximate surface area is 195 Å². The van der Waals surface area contributed by atoms with Gasteiger partial charge < -0.3 is 40.1 Å². The fourth-order valence-corrected chi connectivity index (χ4v) is 4.27. The lowest BCUT2D eigenvalue weighted by atomic mass is 9.85. The summed E-state index contributed by atoms with van der Waals surface area (Å²) in [7, 11) is 0. The molecule has 2 unspecified atom stereocenters. The molecular formula is C24H28O10. The molecule has 0 radical (unpaired) electrons. The minimum atomic E-state index is -2.29. The molecule has 2 aliphatic rings. The number of aromatic hydroxyl groups is 2. The summed E-state index contributed by atoms with van der Waals surface area (Å²) in [5, 5.41) is 58.9. The number of aliphatic hydroxyl groups is 3. The molecule has 0 bridgehead atoms. The zero-order chi connectivity index (χ0) is 24.8. The second-order valence-corrected chi connectivity index (χ2v) is 9.08. The van der Waals surface area contributed by atoms with Crippen LogP contribution in [0, 0.1) is 11.8 Å². The Morgan fingerprint density at radius 1 is 0.882 bits per heavy atom. The second kappa shape index (κ2) is 8.95. The number of carboxylic acid groups (broad SMARTS) is 1. The predicted molar refractivity (Wildman–Crippen MR) is 116 cm³/mol. The van der Waals surface area contributed by atoms with Gasteiger partial charge in [0.15, 0.2) is 35.2 Å². The van der Waals surface area contributed by atoms with Crippen molar-refractivity contribution in [2.24, 2.45) is 11.8 Å². The standard InChI is InChI=1S/C24H28O10/c1-11(7-13-3-5-15(25)16(26)9-13)12(2)8-14-4-6-17-18(10-14)33-24(32-17)22(29)20(28)19(27)21(34-24)23(30)31/h3-6,9-12,19-22,25-29H,7-8H2,1-2H3,(H,30,31)/t11?,12?,19-,20-,21-,22+,24-/m0/s1. The summed E-state index contributed by atoms with van der Waals surface area (Å²) in [4.78, 5) is 11.4. The number of phenolic OH excluding ortho intramolecular Hbond substituents is 2. The van der Waals surface area contributed by atoms with Crippen LogP contribution in [0.25, 0.3) is 0 Å². The molecule has 1 saturated heterocycles. The number of rotatable bonds is 6. The Kier molecular flexibility index (Phi) is 6.34. The SMILES string of the molecule is CC(Cc1ccc(O)c(O)c1)C(C)Cc1ccc2c(c1)O[C@]1(O2)O[C@H](C(=O)O)[C@@H](O)[C@H](O)[C@H]1O. The highest BCUT2D eigenvalue weighted by Gasteiger charge is 2.62. The van der Waals surface area contributed by atoms with Gasteiger partial charge in [-0.15, -0.1) is 0 Å². The fraction of sp³-hybridized carbons (Fsp3) is 0.458. The normalized spacial score (nSPS) is 29.7. The maximum atomic E-state index is 11.4. The number of ether oxygens (including phenoxy) is 3. The van der Waals surface area contributed by atoms with Crippen LogP contribution < -0.4 is 9.47 Å². The Morgan fingerprint density at radius 2 is 1.47 bits per heavy atom. The molecule has 10 nitrogen and oxygen atoms in total. The van der Waals surface area contributed by atoms with E-state index >= 15 is 0 Å². The van der Waals surface area contributed by atoms with Gasteiger partial charge in [0.05, 0.1) is 0 Å². The lowest BCUT2D eigenvalue weighted by molar-refractivity contribution is -0.390. The number of carboxylic acids is 1. The van der Waals surface area contributed by atoms with Crippen molar-refractivity contribution in [1.29, 1.82) is 0 Å². The van der Waals surface area contributed by atoms with Gasteiger partial charge in [0, 0.05) is 0 Å². The molecule has 2 aromatic rings. The van der Waals surface area contributed by atoms with E-state index < -0.39 is 36.4 Å². The maximum Gasteiger partial charge on any atom is 0.403 e. The minimum absolute atomic E-state index is 0.156. The smallest absolute Gasteiger partial charge is 0.403 e. The van der Waals surface area contributed by atoms with E-state index in [1.165, 1.54) is 6.07 Å². The van der Waals surface area contributed by atoms with Crippen molar-refractivity contribution in [3.05, 3.63) is 47.5 Å². The van der Waals surface area contributed by atoms with Crippen LogP contribution in [0.5, 0.6) is 23.0 Å². The molecule has 6 N–H and O–H groups in total. The second-order valence-electron chi connectivity index (χ2n) is 9.08. The average Bonchev–Trinajstić information content (AvgIpc) is 3.15. The summed E-state index contributed by atoms with van der Waals surface area (Å²) in [6.07, 6.45) is -6.06. The molecule has 34 heavy (non-hydrogen) atoms.